The molecule has 0 aromatic carbocycles. The van der Waals surface area contributed by atoms with Gasteiger partial charge in [0.1, 0.15) is 213 Å². The van der Waals surface area contributed by atoms with E-state index in [-0.39, 0.29) is 0 Å². The Morgan fingerprint density at radius 3 is 0.580 bits per heavy atom. The molecule has 10 aliphatic heterocycles. The average molecular weight is 1910 g/mol. The second-order valence-corrected chi connectivity index (χ2v) is 31.9. The monoisotopic (exact) mass is 1910 g/mol. The highest BCUT2D eigenvalue weighted by atomic mass is 16.8. The van der Waals surface area contributed by atoms with Gasteiger partial charge in [-0.05, 0) is 0 Å². The number of aliphatic hydroxyl groups excluding tert-OH is 22. The number of aliphatic hydroxyl groups is 22. The Labute approximate surface area is 734 Å². The fourth-order valence-electron chi connectivity index (χ4n) is 16.3. The van der Waals surface area contributed by atoms with Crippen LogP contribution in [0.1, 0.15) is 34.6 Å². The Morgan fingerprint density at radius 1 is 0.206 bits per heavy atom. The van der Waals surface area contributed by atoms with Crippen molar-refractivity contribution >= 4 is 59.4 Å². The van der Waals surface area contributed by atoms with Gasteiger partial charge in [0.25, 0.3) is 0 Å². The molecule has 5 amide bonds. The van der Waals surface area contributed by atoms with Crippen LogP contribution in [0.4, 0.5) is 0 Å². The number of rotatable bonds is 33. The van der Waals surface area contributed by atoms with E-state index in [0.29, 0.717) is 0 Å². The minimum Gasteiger partial charge on any atom is -0.479 e. The summed E-state index contributed by atoms with van der Waals surface area (Å²) < 4.78 is 108. The smallest absolute Gasteiger partial charge is 0.335 e. The number of carboxylic acids is 5. The molecule has 0 saturated carbocycles. The Morgan fingerprint density at radius 2 is 0.382 bits per heavy atom. The van der Waals surface area contributed by atoms with Crippen LogP contribution in [0.3, 0.4) is 0 Å². The fourth-order valence-corrected chi connectivity index (χ4v) is 16.3. The van der Waals surface area contributed by atoms with Crippen LogP contribution < -0.4 is 26.6 Å². The molecule has 131 heavy (non-hydrogen) atoms. The van der Waals surface area contributed by atoms with Crippen molar-refractivity contribution in [2.45, 2.75) is 341 Å². The van der Waals surface area contributed by atoms with Crippen molar-refractivity contribution in [3.63, 3.8) is 0 Å². The van der Waals surface area contributed by atoms with Gasteiger partial charge in [-0.15, -0.1) is 0 Å². The van der Waals surface area contributed by atoms with Crippen molar-refractivity contribution in [1.82, 2.24) is 26.6 Å². The van der Waals surface area contributed by atoms with E-state index in [1.165, 1.54) is 0 Å². The molecule has 0 aliphatic carbocycles. The van der Waals surface area contributed by atoms with Crippen molar-refractivity contribution in [1.29, 1.82) is 0 Å². The van der Waals surface area contributed by atoms with E-state index in [1.54, 1.807) is 0 Å². The summed E-state index contributed by atoms with van der Waals surface area (Å²) in [5.74, 6) is -15.6. The molecule has 10 saturated heterocycles. The van der Waals surface area contributed by atoms with E-state index < -0.39 is 399 Å². The molecule has 10 fully saturated rings. The highest BCUT2D eigenvalue weighted by molar-refractivity contribution is 5.77. The molecule has 61 heteroatoms. The summed E-state index contributed by atoms with van der Waals surface area (Å²) in [5, 5.41) is 310. The van der Waals surface area contributed by atoms with Gasteiger partial charge in [-0.3, -0.25) is 24.0 Å². The topological polar surface area (TPSA) is 952 Å². The Hall–Kier alpha value is -6.94. The molecule has 0 unspecified atom stereocenters. The summed E-state index contributed by atoms with van der Waals surface area (Å²) in [6, 6.07) is -10.3. The maximum atomic E-state index is 13.4. The Bertz CT molecular complexity index is 3890. The van der Waals surface area contributed by atoms with E-state index in [4.69, 9.17) is 90.0 Å². The predicted molar refractivity (Wildman–Crippen MR) is 390 cm³/mol. The maximum absolute atomic E-state index is 13.4. The van der Waals surface area contributed by atoms with Crippen LogP contribution in [-0.4, -0.2) is 537 Å². The summed E-state index contributed by atoms with van der Waals surface area (Å²) in [7, 11) is 0. The van der Waals surface area contributed by atoms with Crippen molar-refractivity contribution in [3.05, 3.63) is 0 Å². The fraction of sp³-hybridized carbons (Fsp3) is 0.857. The third-order valence-corrected chi connectivity index (χ3v) is 22.7. The third kappa shape index (κ3) is 23.2. The van der Waals surface area contributed by atoms with Crippen molar-refractivity contribution in [2.24, 2.45) is 0 Å². The number of nitrogens with one attached hydrogen (secondary N) is 5. The average Bonchev–Trinajstić information content (AvgIpc) is 0.753. The number of hydrogen-bond acceptors (Lipinski definition) is 51. The van der Waals surface area contributed by atoms with Crippen LogP contribution in [0.15, 0.2) is 0 Å². The van der Waals surface area contributed by atoms with Gasteiger partial charge < -0.3 is 254 Å². The zero-order valence-corrected chi connectivity index (χ0v) is 68.8. The lowest BCUT2D eigenvalue weighted by molar-refractivity contribution is -0.382. The number of carbonyl (C=O) groups excluding carboxylic acids is 5. The molecule has 0 spiro atoms. The van der Waals surface area contributed by atoms with Crippen LogP contribution in [0.2, 0.25) is 0 Å². The minimum absolute atomic E-state index is 0.796. The molecule has 32 N–H and O–H groups in total. The Kier molecular flexibility index (Phi) is 36.4. The molecule has 61 nitrogen and oxygen atoms in total. The molecule has 0 radical (unpaired) electrons. The van der Waals surface area contributed by atoms with Crippen molar-refractivity contribution in [2.75, 3.05) is 33.0 Å². The van der Waals surface area contributed by atoms with Crippen LogP contribution >= 0.6 is 0 Å². The zero-order chi connectivity index (χ0) is 97.1. The largest absolute Gasteiger partial charge is 0.479 e. The second-order valence-electron chi connectivity index (χ2n) is 31.9. The van der Waals surface area contributed by atoms with Crippen LogP contribution in [-0.2, 0) is 138 Å². The van der Waals surface area contributed by atoms with E-state index in [2.05, 4.69) is 26.6 Å². The van der Waals surface area contributed by atoms with Crippen molar-refractivity contribution in [3.8, 4) is 0 Å². The van der Waals surface area contributed by atoms with Crippen LogP contribution in [0.5, 0.6) is 0 Å². The number of carbonyl (C=O) groups is 10. The van der Waals surface area contributed by atoms with Gasteiger partial charge in [0.15, 0.2) is 93.4 Å². The maximum Gasteiger partial charge on any atom is 0.335 e. The van der Waals surface area contributed by atoms with Gasteiger partial charge in [-0.25, -0.2) is 24.0 Å². The molecule has 10 aliphatic rings. The molecular formula is C70H107N5O56. The molecule has 0 bridgehead atoms. The van der Waals surface area contributed by atoms with E-state index >= 15 is 0 Å². The molecule has 50 atom stereocenters. The van der Waals surface area contributed by atoms with Gasteiger partial charge in [0.05, 0.1) is 33.0 Å². The van der Waals surface area contributed by atoms with Crippen LogP contribution in [0, 0.1) is 0 Å². The minimum atomic E-state index is -2.74. The molecule has 10 rings (SSSR count). The van der Waals surface area contributed by atoms with Crippen LogP contribution in [0.25, 0.3) is 0 Å². The normalized spacial score (nSPS) is 46.9. The number of amides is 5. The lowest BCUT2D eigenvalue weighted by Crippen LogP contribution is -2.72. The van der Waals surface area contributed by atoms with E-state index in [0.717, 1.165) is 34.6 Å². The summed E-state index contributed by atoms with van der Waals surface area (Å²) in [6.45, 7) is -1.80. The quantitative estimate of drug-likeness (QED) is 0.0290. The first-order valence-electron chi connectivity index (χ1n) is 40.1. The molecule has 748 valence electrons. The number of aliphatic carboxylic acids is 5. The predicted octanol–water partition coefficient (Wildman–Crippen LogP) is -21.6. The number of ether oxygens (including phenoxy) is 19. The van der Waals surface area contributed by atoms with Gasteiger partial charge in [0, 0.05) is 34.6 Å². The number of hydrogen-bond donors (Lipinski definition) is 32. The second kappa shape index (κ2) is 44.9. The first-order chi connectivity index (χ1) is 61.5. The van der Waals surface area contributed by atoms with Gasteiger partial charge in [0.2, 0.25) is 29.5 Å². The standard InChI is InChI=1S/C70H107N5O56/c1-11(81)71-21-42(26(86)16(6-76)113-61(21)112)118-67-38(98)33(93)47(52(128-67)57(104)105)123-63-23(73-13(3)83)44(28(88)18(8-78)115-63)120-69-40(100)35(95)49(54(130-69)59(108)109)125-65-25(75-15(5)85)46(30(90)20(10-80)117-65)122-70-41(101)36(96)50(55(131-70)60(110)111)126-64-24(74-14(4)84)45(29(89)19(9-79)116-64)121-68-39(99)34(94)48(53(129-68)58(106)107)124-62-22(72-12(2)82)43(27(87)17(7-77)114-62)119-66-37(97)31(91)32(92)51(127-66)56(102)103/h16-55,61-70,76-80,86-101,112H,6-10H2,1-5H3,(H,71,81)(H,72,82)(H,73,83)(H,74,84)(H,75,85)(H,102,103)(H,104,105)(H,106,107)(H,108,109)(H,110,111)/t16-,17-,18-,19-,20-,21-,22-,23-,24-,25-,26-,27-,28-,29-,30-,31+,32+,33-,34-,35-,36-,37-,38-,39-,40-,41-,42-,43-,44-,45-,46-,47+,48+,49+,50+,51+,52+,53+,54+,55+,61-,62+,63+,64+,65+,66-,67-,68-,69-,70-/m1/s1. The molecule has 0 aromatic rings. The first kappa shape index (κ1) is 106. The van der Waals surface area contributed by atoms with Crippen molar-refractivity contribution < 1.29 is 276 Å². The van der Waals surface area contributed by atoms with Gasteiger partial charge in [-0.1, -0.05) is 0 Å². The molecular weight excluding hydrogens is 1810 g/mol. The Balaban J connectivity index is 0.849. The molecule has 0 aromatic heterocycles. The summed E-state index contributed by atoms with van der Waals surface area (Å²) >= 11 is 0. The van der Waals surface area contributed by atoms with E-state index in [1.807, 2.05) is 0 Å². The lowest BCUT2D eigenvalue weighted by atomic mass is 9.93. The van der Waals surface area contributed by atoms with E-state index in [9.17, 15) is 186 Å². The molecule has 10 heterocycles. The highest BCUT2D eigenvalue weighted by Crippen LogP contribution is 2.42. The summed E-state index contributed by atoms with van der Waals surface area (Å²) in [6.07, 6.45) is -107. The summed E-state index contributed by atoms with van der Waals surface area (Å²) in [4.78, 5) is 129. The van der Waals surface area contributed by atoms with Gasteiger partial charge >= 0.3 is 29.8 Å². The number of carboxylic acid groups (broad SMARTS) is 5. The highest BCUT2D eigenvalue weighted by Gasteiger charge is 2.64. The van der Waals surface area contributed by atoms with Gasteiger partial charge in [-0.2, -0.15) is 0 Å². The SMILES string of the molecule is CC(=O)N[C@@H]1[C@@H](O[C@@H]2O[C@H](C(=O)O)[C@@H](O[C@@H]3O[C@H](CO)[C@@H](O)[C@H](O[C@@H]4O[C@H](C(=O)O)[C@@H](O[C@@H]5O[C@H](CO)[C@@H](O)[C@H](O[C@@H]6O[C@H](C(=O)O)[C@@H](O[C@@H]7O[C@H](CO)[C@@H](O)[C@H](O[C@@H]8O[C@H](C(=O)O)[C@@H](O[C@@H]9O[C@H](CO)[C@@H](O)[C@H](O[C@@H]%10O[C@H](C(=O)O)[C@@H](O)[C@H](O)[C@H]%10O)[C@H]9NC(C)=O)[C@H](O)[C@H]8O)[C@H]7NC(C)=O)[C@H](O)[C@H]6O)[C@H]5NC(C)=O)[C@H](O)[C@H]4O)[C@H]3NC(C)=O)[C@H](O)[C@H]2O)[C@H](O)[C@@H](CO)O[C@H]1O. The summed E-state index contributed by atoms with van der Waals surface area (Å²) in [5.41, 5.74) is 0. The third-order valence-electron chi connectivity index (χ3n) is 22.7. The first-order valence-corrected chi connectivity index (χ1v) is 40.1. The zero-order valence-electron chi connectivity index (χ0n) is 68.8. The lowest BCUT2D eigenvalue weighted by Gasteiger charge is -2.51.